The summed E-state index contributed by atoms with van der Waals surface area (Å²) >= 11 is 0. The van der Waals surface area contributed by atoms with Crippen molar-refractivity contribution in [3.63, 3.8) is 0 Å². The fraction of sp³-hybridized carbons (Fsp3) is 0.174. The number of benzene rings is 2. The van der Waals surface area contributed by atoms with E-state index in [1.807, 2.05) is 6.07 Å². The molecule has 0 aliphatic heterocycles. The van der Waals surface area contributed by atoms with Gasteiger partial charge in [-0.3, -0.25) is 10.1 Å². The van der Waals surface area contributed by atoms with Crippen LogP contribution in [0.1, 0.15) is 46.2 Å². The van der Waals surface area contributed by atoms with Crippen molar-refractivity contribution >= 4 is 23.8 Å². The molecule has 3 unspecified atom stereocenters. The molecule has 8 nitrogen and oxygen atoms in total. The first-order valence-corrected chi connectivity index (χ1v) is 9.87. The lowest BCUT2D eigenvalue weighted by atomic mass is 9.97. The molecule has 3 atom stereocenters. The molecular formula is C23H24FN5O3. The van der Waals surface area contributed by atoms with E-state index in [1.54, 1.807) is 31.2 Å². The van der Waals surface area contributed by atoms with Crippen LogP contribution in [-0.4, -0.2) is 28.5 Å². The molecule has 0 saturated heterocycles. The van der Waals surface area contributed by atoms with Gasteiger partial charge in [-0.2, -0.15) is 0 Å². The Hall–Kier alpha value is -3.82. The Labute approximate surface area is 184 Å². The number of nitrogen functional groups attached to an aromatic ring is 1. The first-order chi connectivity index (χ1) is 15.3. The van der Waals surface area contributed by atoms with Crippen LogP contribution in [0.15, 0.2) is 60.7 Å². The standard InChI is InChI=1S/C23H24FN5O3/c1-13(31)22(15-5-3-2-4-6-15)29-23(32)28-19-11-17(25)20(18(12-30)27-19)21(26)14-7-9-16(24)10-8-14/h2-13,21-22,31H,26H2,1H3,(H4,25,27,28,29,32). The topological polar surface area (TPSA) is 143 Å². The summed E-state index contributed by atoms with van der Waals surface area (Å²) in [6.45, 7) is 1.56. The van der Waals surface area contributed by atoms with Gasteiger partial charge in [0.05, 0.1) is 18.2 Å². The third kappa shape index (κ3) is 5.26. The number of nitrogens with two attached hydrogens (primary N) is 2. The molecule has 0 fully saturated rings. The monoisotopic (exact) mass is 437 g/mol. The molecule has 7 N–H and O–H groups in total. The predicted octanol–water partition coefficient (Wildman–Crippen LogP) is 2.91. The van der Waals surface area contributed by atoms with Gasteiger partial charge in [-0.1, -0.05) is 42.5 Å². The van der Waals surface area contributed by atoms with E-state index in [0.717, 1.165) is 5.56 Å². The van der Waals surface area contributed by atoms with E-state index in [1.165, 1.54) is 30.3 Å². The zero-order valence-corrected chi connectivity index (χ0v) is 17.3. The highest BCUT2D eigenvalue weighted by Gasteiger charge is 2.22. The van der Waals surface area contributed by atoms with Crippen LogP contribution in [0.3, 0.4) is 0 Å². The highest BCUT2D eigenvalue weighted by molar-refractivity contribution is 5.90. The number of urea groups is 1. The van der Waals surface area contributed by atoms with Gasteiger partial charge in [0.1, 0.15) is 17.3 Å². The quantitative estimate of drug-likeness (QED) is 0.360. The molecular weight excluding hydrogens is 413 g/mol. The number of aldehydes is 1. The summed E-state index contributed by atoms with van der Waals surface area (Å²) in [5.41, 5.74) is 14.0. The van der Waals surface area contributed by atoms with Crippen LogP contribution in [0.2, 0.25) is 0 Å². The minimum absolute atomic E-state index is 0.0366. The number of rotatable bonds is 7. The minimum atomic E-state index is -0.859. The van der Waals surface area contributed by atoms with Gasteiger partial charge in [0.15, 0.2) is 6.29 Å². The van der Waals surface area contributed by atoms with Crippen molar-refractivity contribution in [1.82, 2.24) is 10.3 Å². The molecule has 3 rings (SSSR count). The Morgan fingerprint density at radius 3 is 2.38 bits per heavy atom. The second kappa shape index (κ2) is 9.99. The highest BCUT2D eigenvalue weighted by Crippen LogP contribution is 2.29. The molecule has 0 aliphatic rings. The van der Waals surface area contributed by atoms with Gasteiger partial charge in [-0.15, -0.1) is 0 Å². The van der Waals surface area contributed by atoms with E-state index in [2.05, 4.69) is 15.6 Å². The molecule has 3 aromatic rings. The Kier molecular flexibility index (Phi) is 7.14. The van der Waals surface area contributed by atoms with E-state index in [-0.39, 0.29) is 22.8 Å². The number of hydrogen-bond acceptors (Lipinski definition) is 6. The fourth-order valence-electron chi connectivity index (χ4n) is 3.36. The Balaban J connectivity index is 1.81. The van der Waals surface area contributed by atoms with Crippen molar-refractivity contribution in [2.75, 3.05) is 11.1 Å². The number of carbonyl (C=O) groups excluding carboxylic acids is 2. The van der Waals surface area contributed by atoms with E-state index in [9.17, 15) is 19.1 Å². The van der Waals surface area contributed by atoms with Crippen LogP contribution in [-0.2, 0) is 0 Å². The molecule has 1 heterocycles. The first kappa shape index (κ1) is 22.9. The number of halogens is 1. The summed E-state index contributed by atoms with van der Waals surface area (Å²) in [6, 6.07) is 13.7. The molecule has 9 heteroatoms. The molecule has 1 aromatic heterocycles. The fourth-order valence-corrected chi connectivity index (χ4v) is 3.36. The van der Waals surface area contributed by atoms with Crippen molar-refractivity contribution in [3.8, 4) is 0 Å². The van der Waals surface area contributed by atoms with Gasteiger partial charge in [0.25, 0.3) is 0 Å². The number of amides is 2. The second-order valence-electron chi connectivity index (χ2n) is 7.27. The first-order valence-electron chi connectivity index (χ1n) is 9.87. The second-order valence-corrected chi connectivity index (χ2v) is 7.27. The number of nitrogens with one attached hydrogen (secondary N) is 2. The van der Waals surface area contributed by atoms with E-state index >= 15 is 0 Å². The van der Waals surface area contributed by atoms with E-state index in [0.29, 0.717) is 11.8 Å². The zero-order chi connectivity index (χ0) is 23.3. The van der Waals surface area contributed by atoms with Crippen LogP contribution in [0, 0.1) is 5.82 Å². The lowest BCUT2D eigenvalue weighted by molar-refractivity contribution is 0.111. The number of nitrogens with zero attached hydrogens (tertiary/aromatic N) is 1. The van der Waals surface area contributed by atoms with E-state index < -0.39 is 30.0 Å². The number of aliphatic hydroxyl groups excluding tert-OH is 1. The van der Waals surface area contributed by atoms with Crippen molar-refractivity contribution in [2.45, 2.75) is 25.1 Å². The summed E-state index contributed by atoms with van der Waals surface area (Å²) in [4.78, 5) is 28.3. The van der Waals surface area contributed by atoms with Crippen LogP contribution in [0.4, 0.5) is 20.7 Å². The summed E-state index contributed by atoms with van der Waals surface area (Å²) < 4.78 is 13.2. The smallest absolute Gasteiger partial charge is 0.320 e. The summed E-state index contributed by atoms with van der Waals surface area (Å²) in [7, 11) is 0. The van der Waals surface area contributed by atoms with Crippen molar-refractivity contribution < 1.29 is 19.1 Å². The maximum absolute atomic E-state index is 13.2. The van der Waals surface area contributed by atoms with Gasteiger partial charge in [0.2, 0.25) is 0 Å². The maximum Gasteiger partial charge on any atom is 0.320 e. The number of anilines is 2. The van der Waals surface area contributed by atoms with Crippen molar-refractivity contribution in [2.24, 2.45) is 5.73 Å². The SMILES string of the molecule is CC(O)C(NC(=O)Nc1cc(N)c(C(N)c2ccc(F)cc2)c(C=O)n1)c1ccccc1. The largest absolute Gasteiger partial charge is 0.398 e. The number of pyridine rings is 1. The third-order valence-electron chi connectivity index (χ3n) is 4.94. The number of hydrogen-bond donors (Lipinski definition) is 5. The molecule has 0 bridgehead atoms. The van der Waals surface area contributed by atoms with Gasteiger partial charge in [0, 0.05) is 17.3 Å². The molecule has 0 saturated carbocycles. The molecule has 32 heavy (non-hydrogen) atoms. The number of carbonyl (C=O) groups is 2. The predicted molar refractivity (Wildman–Crippen MR) is 119 cm³/mol. The van der Waals surface area contributed by atoms with Crippen molar-refractivity contribution in [1.29, 1.82) is 0 Å². The molecule has 0 aliphatic carbocycles. The average Bonchev–Trinajstić information content (AvgIpc) is 2.77. The number of aromatic nitrogens is 1. The van der Waals surface area contributed by atoms with Gasteiger partial charge < -0.3 is 21.9 Å². The van der Waals surface area contributed by atoms with Gasteiger partial charge in [-0.25, -0.2) is 14.2 Å². The average molecular weight is 437 g/mol. The molecule has 0 spiro atoms. The minimum Gasteiger partial charge on any atom is -0.398 e. The molecule has 0 radical (unpaired) electrons. The highest BCUT2D eigenvalue weighted by atomic mass is 19.1. The zero-order valence-electron chi connectivity index (χ0n) is 17.3. The third-order valence-corrected chi connectivity index (χ3v) is 4.94. The Morgan fingerprint density at radius 1 is 1.12 bits per heavy atom. The maximum atomic E-state index is 13.2. The normalized spacial score (nSPS) is 13.6. The van der Waals surface area contributed by atoms with Crippen LogP contribution in [0.25, 0.3) is 0 Å². The molecule has 166 valence electrons. The number of aliphatic hydroxyl groups is 1. The molecule has 2 amide bonds. The van der Waals surface area contributed by atoms with Gasteiger partial charge in [-0.05, 0) is 30.2 Å². The van der Waals surface area contributed by atoms with Crippen molar-refractivity contribution in [3.05, 3.63) is 88.9 Å². The Morgan fingerprint density at radius 2 is 1.78 bits per heavy atom. The lowest BCUT2D eigenvalue weighted by Gasteiger charge is -2.22. The van der Waals surface area contributed by atoms with Crippen LogP contribution >= 0.6 is 0 Å². The summed E-state index contributed by atoms with van der Waals surface area (Å²) in [5, 5.41) is 15.3. The van der Waals surface area contributed by atoms with Gasteiger partial charge >= 0.3 is 6.03 Å². The summed E-state index contributed by atoms with van der Waals surface area (Å²) in [6.07, 6.45) is -0.372. The Bertz CT molecular complexity index is 1090. The lowest BCUT2D eigenvalue weighted by Crippen LogP contribution is -2.38. The summed E-state index contributed by atoms with van der Waals surface area (Å²) in [5.74, 6) is -0.381. The van der Waals surface area contributed by atoms with E-state index in [4.69, 9.17) is 11.5 Å². The molecule has 2 aromatic carbocycles. The van der Waals surface area contributed by atoms with Crippen LogP contribution < -0.4 is 22.1 Å². The van der Waals surface area contributed by atoms with Crippen LogP contribution in [0.5, 0.6) is 0 Å².